The second-order valence-corrected chi connectivity index (χ2v) is 5.98. The molecule has 130 valence electrons. The van der Waals surface area contributed by atoms with Gasteiger partial charge < -0.3 is 19.3 Å². The van der Waals surface area contributed by atoms with Crippen molar-refractivity contribution < 1.29 is 9.21 Å². The van der Waals surface area contributed by atoms with Gasteiger partial charge in [-0.05, 0) is 24.3 Å². The SMILES string of the molecule is CC(C)c1nccn1CCNC(=O)c1ccc(-c2ccco2)[nH]c1=O. The van der Waals surface area contributed by atoms with Crippen LogP contribution in [0.2, 0.25) is 0 Å². The van der Waals surface area contributed by atoms with E-state index in [0.717, 1.165) is 5.82 Å². The first-order valence-electron chi connectivity index (χ1n) is 8.12. The molecule has 3 rings (SSSR count). The molecule has 0 aromatic carbocycles. The zero-order chi connectivity index (χ0) is 17.8. The van der Waals surface area contributed by atoms with Crippen molar-refractivity contribution in [2.24, 2.45) is 0 Å². The fourth-order valence-corrected chi connectivity index (χ4v) is 2.62. The Bertz CT molecular complexity index is 907. The van der Waals surface area contributed by atoms with E-state index in [4.69, 9.17) is 4.42 Å². The lowest BCUT2D eigenvalue weighted by Gasteiger charge is -2.11. The van der Waals surface area contributed by atoms with Crippen molar-refractivity contribution in [3.63, 3.8) is 0 Å². The highest BCUT2D eigenvalue weighted by atomic mass is 16.3. The Morgan fingerprint density at radius 2 is 2.20 bits per heavy atom. The monoisotopic (exact) mass is 340 g/mol. The third-order valence-corrected chi connectivity index (χ3v) is 3.84. The van der Waals surface area contributed by atoms with Gasteiger partial charge in [0.2, 0.25) is 0 Å². The van der Waals surface area contributed by atoms with Crippen molar-refractivity contribution >= 4 is 5.91 Å². The van der Waals surface area contributed by atoms with E-state index in [1.807, 2.05) is 10.8 Å². The maximum atomic E-state index is 12.2. The second kappa shape index (κ2) is 7.21. The second-order valence-electron chi connectivity index (χ2n) is 5.98. The van der Waals surface area contributed by atoms with Gasteiger partial charge in [0.25, 0.3) is 11.5 Å². The summed E-state index contributed by atoms with van der Waals surface area (Å²) in [6.07, 6.45) is 5.15. The van der Waals surface area contributed by atoms with E-state index in [9.17, 15) is 9.59 Å². The van der Waals surface area contributed by atoms with Gasteiger partial charge in [0, 0.05) is 31.4 Å². The lowest BCUT2D eigenvalue weighted by atomic mass is 10.2. The third-order valence-electron chi connectivity index (χ3n) is 3.84. The van der Waals surface area contributed by atoms with E-state index in [1.54, 1.807) is 24.4 Å². The number of aromatic amines is 1. The fourth-order valence-electron chi connectivity index (χ4n) is 2.62. The molecular weight excluding hydrogens is 320 g/mol. The molecule has 0 aliphatic heterocycles. The minimum absolute atomic E-state index is 0.0741. The molecule has 0 aliphatic rings. The number of pyridine rings is 1. The van der Waals surface area contributed by atoms with Gasteiger partial charge in [-0.15, -0.1) is 0 Å². The van der Waals surface area contributed by atoms with Gasteiger partial charge in [-0.25, -0.2) is 4.98 Å². The molecule has 7 nitrogen and oxygen atoms in total. The summed E-state index contributed by atoms with van der Waals surface area (Å²) in [5.41, 5.74) is 0.161. The molecule has 0 fully saturated rings. The van der Waals surface area contributed by atoms with Crippen LogP contribution in [0.1, 0.15) is 35.9 Å². The van der Waals surface area contributed by atoms with Crippen LogP contribution >= 0.6 is 0 Å². The number of nitrogens with one attached hydrogen (secondary N) is 2. The van der Waals surface area contributed by atoms with Crippen LogP contribution in [0.5, 0.6) is 0 Å². The van der Waals surface area contributed by atoms with Crippen LogP contribution < -0.4 is 10.9 Å². The first kappa shape index (κ1) is 16.8. The standard InChI is InChI=1S/C18H20N4O3/c1-12(2)16-19-7-9-22(16)10-8-20-17(23)13-5-6-14(21-18(13)24)15-4-3-11-25-15/h3-7,9,11-12H,8,10H2,1-2H3,(H,20,23)(H,21,24). The van der Waals surface area contributed by atoms with Gasteiger partial charge >= 0.3 is 0 Å². The number of carbonyl (C=O) groups excluding carboxylic acids is 1. The Labute approximate surface area is 144 Å². The molecule has 0 radical (unpaired) electrons. The average Bonchev–Trinajstić information content (AvgIpc) is 3.26. The number of aromatic nitrogens is 3. The average molecular weight is 340 g/mol. The summed E-state index contributed by atoms with van der Waals surface area (Å²) >= 11 is 0. The molecule has 0 aliphatic carbocycles. The van der Waals surface area contributed by atoms with E-state index in [2.05, 4.69) is 29.1 Å². The maximum absolute atomic E-state index is 12.2. The number of amides is 1. The number of hydrogen-bond donors (Lipinski definition) is 2. The Balaban J connectivity index is 1.63. The summed E-state index contributed by atoms with van der Waals surface area (Å²) in [6.45, 7) is 5.14. The molecule has 0 saturated carbocycles. The van der Waals surface area contributed by atoms with Gasteiger partial charge in [0.15, 0.2) is 0 Å². The van der Waals surface area contributed by atoms with E-state index in [0.29, 0.717) is 30.5 Å². The Hall–Kier alpha value is -3.09. The third kappa shape index (κ3) is 3.71. The highest BCUT2D eigenvalue weighted by molar-refractivity contribution is 5.93. The molecule has 0 unspecified atom stereocenters. The topological polar surface area (TPSA) is 92.9 Å². The summed E-state index contributed by atoms with van der Waals surface area (Å²) in [4.78, 5) is 31.3. The van der Waals surface area contributed by atoms with Gasteiger partial charge in [-0.1, -0.05) is 13.8 Å². The van der Waals surface area contributed by atoms with Gasteiger partial charge in [-0.3, -0.25) is 9.59 Å². The number of nitrogens with zero attached hydrogens (tertiary/aromatic N) is 2. The first-order chi connectivity index (χ1) is 12.1. The summed E-state index contributed by atoms with van der Waals surface area (Å²) < 4.78 is 7.23. The van der Waals surface area contributed by atoms with E-state index in [-0.39, 0.29) is 5.56 Å². The zero-order valence-electron chi connectivity index (χ0n) is 14.2. The molecule has 3 heterocycles. The summed E-state index contributed by atoms with van der Waals surface area (Å²) in [5.74, 6) is 1.42. The van der Waals surface area contributed by atoms with Crippen molar-refractivity contribution in [1.29, 1.82) is 0 Å². The number of furan rings is 1. The molecule has 1 amide bonds. The van der Waals surface area contributed by atoms with Crippen molar-refractivity contribution in [2.75, 3.05) is 6.54 Å². The molecular formula is C18H20N4O3. The molecule has 0 saturated heterocycles. The maximum Gasteiger partial charge on any atom is 0.261 e. The highest BCUT2D eigenvalue weighted by Crippen LogP contribution is 2.15. The summed E-state index contributed by atoms with van der Waals surface area (Å²) in [7, 11) is 0. The van der Waals surface area contributed by atoms with Crippen molar-refractivity contribution in [2.45, 2.75) is 26.3 Å². The molecule has 3 aromatic heterocycles. The van der Waals surface area contributed by atoms with Gasteiger partial charge in [-0.2, -0.15) is 0 Å². The summed E-state index contributed by atoms with van der Waals surface area (Å²) in [6, 6.07) is 6.63. The van der Waals surface area contributed by atoms with Crippen molar-refractivity contribution in [1.82, 2.24) is 19.9 Å². The van der Waals surface area contributed by atoms with Crippen LogP contribution in [0.25, 0.3) is 11.5 Å². The minimum atomic E-state index is -0.447. The predicted molar refractivity (Wildman–Crippen MR) is 93.4 cm³/mol. The molecule has 0 bridgehead atoms. The molecule has 3 aromatic rings. The van der Waals surface area contributed by atoms with E-state index in [1.165, 1.54) is 12.3 Å². The Morgan fingerprint density at radius 3 is 2.88 bits per heavy atom. The van der Waals surface area contributed by atoms with E-state index < -0.39 is 11.5 Å². The van der Waals surface area contributed by atoms with Crippen molar-refractivity contribution in [3.05, 3.63) is 64.7 Å². The van der Waals surface area contributed by atoms with Gasteiger partial charge in [0.05, 0.1) is 12.0 Å². The minimum Gasteiger partial charge on any atom is -0.463 e. The van der Waals surface area contributed by atoms with Crippen LogP contribution in [-0.4, -0.2) is 27.0 Å². The number of rotatable bonds is 6. The Morgan fingerprint density at radius 1 is 1.36 bits per heavy atom. The largest absolute Gasteiger partial charge is 0.463 e. The van der Waals surface area contributed by atoms with E-state index >= 15 is 0 Å². The zero-order valence-corrected chi connectivity index (χ0v) is 14.2. The number of hydrogen-bond acceptors (Lipinski definition) is 4. The lowest BCUT2D eigenvalue weighted by molar-refractivity contribution is 0.0950. The lowest BCUT2D eigenvalue weighted by Crippen LogP contribution is -2.32. The molecule has 2 N–H and O–H groups in total. The predicted octanol–water partition coefficient (Wildman–Crippen LogP) is 2.38. The highest BCUT2D eigenvalue weighted by Gasteiger charge is 2.12. The molecule has 0 spiro atoms. The smallest absolute Gasteiger partial charge is 0.261 e. The number of imidazole rings is 1. The molecule has 0 atom stereocenters. The first-order valence-corrected chi connectivity index (χ1v) is 8.12. The molecule has 25 heavy (non-hydrogen) atoms. The number of carbonyl (C=O) groups is 1. The normalized spacial score (nSPS) is 11.0. The van der Waals surface area contributed by atoms with Crippen LogP contribution in [0.4, 0.5) is 0 Å². The van der Waals surface area contributed by atoms with Crippen LogP contribution in [-0.2, 0) is 6.54 Å². The van der Waals surface area contributed by atoms with Crippen LogP contribution in [0.3, 0.4) is 0 Å². The Kier molecular flexibility index (Phi) is 4.83. The van der Waals surface area contributed by atoms with Crippen LogP contribution in [0, 0.1) is 0 Å². The number of H-pyrrole nitrogens is 1. The summed E-state index contributed by atoms with van der Waals surface area (Å²) in [5, 5.41) is 2.77. The van der Waals surface area contributed by atoms with Crippen LogP contribution in [0.15, 0.2) is 52.1 Å². The van der Waals surface area contributed by atoms with Crippen molar-refractivity contribution in [3.8, 4) is 11.5 Å². The van der Waals surface area contributed by atoms with Gasteiger partial charge in [0.1, 0.15) is 17.1 Å². The quantitative estimate of drug-likeness (QED) is 0.720. The molecule has 7 heteroatoms. The fraction of sp³-hybridized carbons (Fsp3) is 0.278.